The number of aromatic nitrogens is 1. The number of carboxylic acids is 1. The number of ether oxygens (including phenoxy) is 1. The third-order valence-electron chi connectivity index (χ3n) is 3.36. The first kappa shape index (κ1) is 14.7. The molecule has 1 aromatic heterocycles. The van der Waals surface area contributed by atoms with Crippen LogP contribution in [0.15, 0.2) is 18.3 Å². The molecule has 6 nitrogen and oxygen atoms in total. The van der Waals surface area contributed by atoms with Crippen molar-refractivity contribution in [2.45, 2.75) is 13.0 Å². The van der Waals surface area contributed by atoms with E-state index in [9.17, 15) is 14.7 Å². The second-order valence-electron chi connectivity index (χ2n) is 4.48. The Morgan fingerprint density at radius 3 is 2.90 bits per heavy atom. The van der Waals surface area contributed by atoms with Crippen molar-refractivity contribution < 1.29 is 19.4 Å². The van der Waals surface area contributed by atoms with Gasteiger partial charge in [0.05, 0.1) is 24.8 Å². The molecular weight excluding hydrogens is 284 g/mol. The maximum atomic E-state index is 12.5. The highest BCUT2D eigenvalue weighted by molar-refractivity contribution is 6.32. The van der Waals surface area contributed by atoms with Crippen LogP contribution in [0.25, 0.3) is 0 Å². The highest BCUT2D eigenvalue weighted by atomic mass is 35.5. The molecule has 108 valence electrons. The van der Waals surface area contributed by atoms with Gasteiger partial charge in [0.2, 0.25) is 0 Å². The van der Waals surface area contributed by atoms with E-state index in [2.05, 4.69) is 4.98 Å². The van der Waals surface area contributed by atoms with Crippen LogP contribution in [0.3, 0.4) is 0 Å². The van der Waals surface area contributed by atoms with Crippen molar-refractivity contribution in [2.24, 2.45) is 5.92 Å². The first-order chi connectivity index (χ1) is 9.56. The molecule has 0 bridgehead atoms. The summed E-state index contributed by atoms with van der Waals surface area (Å²) in [6.45, 7) is 2.50. The van der Waals surface area contributed by atoms with Gasteiger partial charge in [-0.1, -0.05) is 11.6 Å². The number of hydrogen-bond acceptors (Lipinski definition) is 4. The molecule has 1 aromatic rings. The molecular formula is C13H15ClN2O4. The number of carboxylic acid groups (broad SMARTS) is 1. The summed E-state index contributed by atoms with van der Waals surface area (Å²) in [5.74, 6) is -2.00. The maximum absolute atomic E-state index is 12.5. The Morgan fingerprint density at radius 2 is 2.30 bits per heavy atom. The molecule has 0 saturated carbocycles. The molecule has 2 unspecified atom stereocenters. The summed E-state index contributed by atoms with van der Waals surface area (Å²) in [5, 5.41) is 9.29. The third-order valence-corrected chi connectivity index (χ3v) is 3.66. The molecule has 0 radical (unpaired) electrons. The number of likely N-dealkylation sites (N-methyl/N-ethyl adjacent to an activating group) is 1. The number of carbonyl (C=O) groups excluding carboxylic acids is 1. The van der Waals surface area contributed by atoms with Crippen LogP contribution in [-0.4, -0.2) is 52.7 Å². The average molecular weight is 299 g/mol. The van der Waals surface area contributed by atoms with Crippen LogP contribution in [0.1, 0.15) is 17.3 Å². The second-order valence-corrected chi connectivity index (χ2v) is 4.84. The highest BCUT2D eigenvalue weighted by Crippen LogP contribution is 2.23. The van der Waals surface area contributed by atoms with E-state index in [1.165, 1.54) is 11.1 Å². The summed E-state index contributed by atoms with van der Waals surface area (Å²) in [5.41, 5.74) is 0.270. The monoisotopic (exact) mass is 298 g/mol. The van der Waals surface area contributed by atoms with Crippen LogP contribution in [-0.2, 0) is 9.53 Å². The predicted octanol–water partition coefficient (Wildman–Crippen LogP) is 1.30. The standard InChI is InChI=1S/C13H15ClN2O4/c1-2-16(10-7-20-6-9(10)13(18)19)12(17)8-4-3-5-15-11(8)14/h3-5,9-10H,2,6-7H2,1H3,(H,18,19). The molecule has 0 aromatic carbocycles. The molecule has 20 heavy (non-hydrogen) atoms. The number of amides is 1. The number of hydrogen-bond donors (Lipinski definition) is 1. The third kappa shape index (κ3) is 2.76. The Kier molecular flexibility index (Phi) is 4.57. The van der Waals surface area contributed by atoms with Crippen molar-refractivity contribution in [3.8, 4) is 0 Å². The lowest BCUT2D eigenvalue weighted by Crippen LogP contribution is -2.46. The van der Waals surface area contributed by atoms with Crippen molar-refractivity contribution in [1.82, 2.24) is 9.88 Å². The number of pyridine rings is 1. The zero-order chi connectivity index (χ0) is 14.7. The van der Waals surface area contributed by atoms with Crippen molar-refractivity contribution >= 4 is 23.5 Å². The van der Waals surface area contributed by atoms with Gasteiger partial charge in [-0.3, -0.25) is 9.59 Å². The van der Waals surface area contributed by atoms with E-state index in [4.69, 9.17) is 16.3 Å². The molecule has 1 aliphatic heterocycles. The van der Waals surface area contributed by atoms with Crippen LogP contribution in [0.4, 0.5) is 0 Å². The van der Waals surface area contributed by atoms with Crippen molar-refractivity contribution in [3.05, 3.63) is 29.0 Å². The van der Waals surface area contributed by atoms with Gasteiger partial charge in [0, 0.05) is 12.7 Å². The SMILES string of the molecule is CCN(C(=O)c1cccnc1Cl)C1COCC1C(=O)O. The van der Waals surface area contributed by atoms with E-state index in [-0.39, 0.29) is 29.8 Å². The van der Waals surface area contributed by atoms with Crippen LogP contribution in [0.5, 0.6) is 0 Å². The first-order valence-corrected chi connectivity index (χ1v) is 6.66. The lowest BCUT2D eigenvalue weighted by molar-refractivity contribution is -0.142. The van der Waals surface area contributed by atoms with E-state index < -0.39 is 17.9 Å². The summed E-state index contributed by atoms with van der Waals surface area (Å²) in [6, 6.07) is 2.71. The number of nitrogens with zero attached hydrogens (tertiary/aromatic N) is 2. The van der Waals surface area contributed by atoms with Gasteiger partial charge in [0.1, 0.15) is 11.1 Å². The lowest BCUT2D eigenvalue weighted by atomic mass is 10.0. The van der Waals surface area contributed by atoms with Crippen molar-refractivity contribution in [3.63, 3.8) is 0 Å². The van der Waals surface area contributed by atoms with Gasteiger partial charge in [-0.25, -0.2) is 4.98 Å². The molecule has 2 rings (SSSR count). The topological polar surface area (TPSA) is 79.7 Å². The van der Waals surface area contributed by atoms with Crippen LogP contribution >= 0.6 is 11.6 Å². The fraction of sp³-hybridized carbons (Fsp3) is 0.462. The van der Waals surface area contributed by atoms with Gasteiger partial charge in [-0.2, -0.15) is 0 Å². The van der Waals surface area contributed by atoms with Gasteiger partial charge in [-0.05, 0) is 19.1 Å². The molecule has 0 aliphatic carbocycles. The minimum atomic E-state index is -0.962. The van der Waals surface area contributed by atoms with E-state index in [1.54, 1.807) is 19.1 Å². The van der Waals surface area contributed by atoms with Gasteiger partial charge in [0.25, 0.3) is 5.91 Å². The molecule has 2 atom stereocenters. The first-order valence-electron chi connectivity index (χ1n) is 6.28. The molecule has 1 fully saturated rings. The Morgan fingerprint density at radius 1 is 1.55 bits per heavy atom. The predicted molar refractivity (Wildman–Crippen MR) is 71.7 cm³/mol. The maximum Gasteiger partial charge on any atom is 0.311 e. The fourth-order valence-electron chi connectivity index (χ4n) is 2.32. The number of rotatable bonds is 4. The fourth-order valence-corrected chi connectivity index (χ4v) is 2.52. The number of carbonyl (C=O) groups is 2. The van der Waals surface area contributed by atoms with Crippen molar-refractivity contribution in [2.75, 3.05) is 19.8 Å². The minimum Gasteiger partial charge on any atom is -0.481 e. The van der Waals surface area contributed by atoms with Gasteiger partial charge in [0.15, 0.2) is 0 Å². The summed E-state index contributed by atoms with van der Waals surface area (Å²) < 4.78 is 5.21. The zero-order valence-corrected chi connectivity index (χ0v) is 11.7. The summed E-state index contributed by atoms with van der Waals surface area (Å²) in [7, 11) is 0. The van der Waals surface area contributed by atoms with Gasteiger partial charge in [-0.15, -0.1) is 0 Å². The van der Waals surface area contributed by atoms with Gasteiger partial charge < -0.3 is 14.7 Å². The zero-order valence-electron chi connectivity index (χ0n) is 11.0. The Balaban J connectivity index is 2.26. The normalized spacial score (nSPS) is 21.7. The molecule has 1 aliphatic rings. The molecule has 1 saturated heterocycles. The molecule has 1 amide bonds. The molecule has 1 N–H and O–H groups in total. The smallest absolute Gasteiger partial charge is 0.311 e. The Hall–Kier alpha value is -1.66. The Bertz CT molecular complexity index is 523. The Labute approximate surface area is 121 Å². The molecule has 7 heteroatoms. The average Bonchev–Trinajstić information content (AvgIpc) is 2.89. The molecule has 2 heterocycles. The number of aliphatic carboxylic acids is 1. The highest BCUT2D eigenvalue weighted by Gasteiger charge is 2.40. The largest absolute Gasteiger partial charge is 0.481 e. The second kappa shape index (κ2) is 6.19. The van der Waals surface area contributed by atoms with E-state index in [1.807, 2.05) is 0 Å². The summed E-state index contributed by atoms with van der Waals surface area (Å²) in [6.07, 6.45) is 1.49. The summed E-state index contributed by atoms with van der Waals surface area (Å²) in [4.78, 5) is 29.1. The number of halogens is 1. The molecule has 0 spiro atoms. The van der Waals surface area contributed by atoms with Crippen molar-refractivity contribution in [1.29, 1.82) is 0 Å². The van der Waals surface area contributed by atoms with Crippen LogP contribution in [0.2, 0.25) is 5.15 Å². The van der Waals surface area contributed by atoms with Gasteiger partial charge >= 0.3 is 5.97 Å². The minimum absolute atomic E-state index is 0.113. The van der Waals surface area contributed by atoms with E-state index >= 15 is 0 Å². The summed E-state index contributed by atoms with van der Waals surface area (Å²) >= 11 is 5.92. The van der Waals surface area contributed by atoms with Crippen LogP contribution in [0, 0.1) is 5.92 Å². The van der Waals surface area contributed by atoms with Crippen LogP contribution < -0.4 is 0 Å². The quantitative estimate of drug-likeness (QED) is 0.848. The van der Waals surface area contributed by atoms with E-state index in [0.717, 1.165) is 0 Å². The van der Waals surface area contributed by atoms with E-state index in [0.29, 0.717) is 6.54 Å². The lowest BCUT2D eigenvalue weighted by Gasteiger charge is -2.29.